The maximum Gasteiger partial charge on any atom is 0.148 e. The van der Waals surface area contributed by atoms with Gasteiger partial charge in [-0.25, -0.2) is 0 Å². The molecule has 5 aliphatic carbocycles. The fourth-order valence-electron chi connectivity index (χ4n) is 11.4. The van der Waals surface area contributed by atoms with Crippen LogP contribution in [0.15, 0.2) is 0 Å². The van der Waals surface area contributed by atoms with Gasteiger partial charge in [-0.05, 0) is 31.7 Å². The third-order valence-electron chi connectivity index (χ3n) is 11.8. The molecule has 2 saturated heterocycles. The number of likely N-dealkylation sites (tertiary alicyclic amines) is 1. The highest BCUT2D eigenvalue weighted by Crippen LogP contribution is 2.82. The lowest BCUT2D eigenvalue weighted by atomic mass is 9.42. The van der Waals surface area contributed by atoms with E-state index >= 15 is 0 Å². The summed E-state index contributed by atoms with van der Waals surface area (Å²) in [5.41, 5.74) is -1.99. The first-order valence-corrected chi connectivity index (χ1v) is 12.9. The smallest absolute Gasteiger partial charge is 0.148 e. The predicted molar refractivity (Wildman–Crippen MR) is 116 cm³/mol. The van der Waals surface area contributed by atoms with Gasteiger partial charge in [0, 0.05) is 62.9 Å². The second-order valence-electron chi connectivity index (χ2n) is 12.0. The van der Waals surface area contributed by atoms with Crippen LogP contribution >= 0.6 is 0 Å². The molecule has 0 aromatic heterocycles. The van der Waals surface area contributed by atoms with Gasteiger partial charge in [-0.3, -0.25) is 4.90 Å². The van der Waals surface area contributed by atoms with Gasteiger partial charge in [-0.1, -0.05) is 6.92 Å². The number of ether oxygens (including phenoxy) is 5. The molecule has 0 unspecified atom stereocenters. The molecule has 0 aromatic rings. The summed E-state index contributed by atoms with van der Waals surface area (Å²) in [5, 5.41) is 23.8. The Balaban J connectivity index is 1.56. The molecule has 5 saturated carbocycles. The summed E-state index contributed by atoms with van der Waals surface area (Å²) in [6, 6.07) is -0.0180. The molecule has 186 valence electrons. The summed E-state index contributed by atoms with van der Waals surface area (Å²) >= 11 is 0. The monoisotopic (exact) mass is 465 g/mol. The largest absolute Gasteiger partial charge is 0.392 e. The van der Waals surface area contributed by atoms with Crippen LogP contribution in [0.4, 0.5) is 0 Å². The predicted octanol–water partition coefficient (Wildman–Crippen LogP) is 0.637. The van der Waals surface area contributed by atoms with E-state index in [0.717, 1.165) is 32.4 Å². The van der Waals surface area contributed by atoms with Gasteiger partial charge in [0.2, 0.25) is 0 Å². The summed E-state index contributed by atoms with van der Waals surface area (Å²) in [5.74, 6) is 0.199. The number of aliphatic hydroxyl groups excluding tert-OH is 2. The van der Waals surface area contributed by atoms with E-state index in [2.05, 4.69) is 11.8 Å². The summed E-state index contributed by atoms with van der Waals surface area (Å²) in [6.45, 7) is 4.83. The first kappa shape index (κ1) is 21.9. The van der Waals surface area contributed by atoms with Gasteiger partial charge in [-0.2, -0.15) is 0 Å². The van der Waals surface area contributed by atoms with E-state index in [9.17, 15) is 10.2 Å². The molecule has 8 heteroatoms. The Bertz CT molecular complexity index is 844. The second-order valence-corrected chi connectivity index (χ2v) is 12.0. The Hall–Kier alpha value is -0.320. The van der Waals surface area contributed by atoms with E-state index in [1.807, 2.05) is 0 Å². The Morgan fingerprint density at radius 3 is 2.64 bits per heavy atom. The van der Waals surface area contributed by atoms with Crippen LogP contribution < -0.4 is 0 Å². The Morgan fingerprint density at radius 2 is 1.94 bits per heavy atom. The van der Waals surface area contributed by atoms with E-state index in [-0.39, 0.29) is 54.1 Å². The van der Waals surface area contributed by atoms with Crippen molar-refractivity contribution >= 4 is 0 Å². The fraction of sp³-hybridized carbons (Fsp3) is 1.00. The highest BCUT2D eigenvalue weighted by molar-refractivity contribution is 5.42. The van der Waals surface area contributed by atoms with Crippen molar-refractivity contribution in [2.45, 2.75) is 74.3 Å². The molecule has 2 heterocycles. The molecule has 2 N–H and O–H groups in total. The first-order valence-electron chi connectivity index (χ1n) is 12.9. The number of rotatable bonds is 5. The average molecular weight is 466 g/mol. The highest BCUT2D eigenvalue weighted by atomic mass is 16.7. The minimum atomic E-state index is -0.753. The third-order valence-corrected chi connectivity index (χ3v) is 11.8. The number of hydrogen-bond acceptors (Lipinski definition) is 8. The zero-order valence-corrected chi connectivity index (χ0v) is 20.2. The van der Waals surface area contributed by atoms with Crippen LogP contribution in [0.25, 0.3) is 0 Å². The molecule has 7 fully saturated rings. The third kappa shape index (κ3) is 1.98. The first-order chi connectivity index (χ1) is 15.9. The van der Waals surface area contributed by atoms with Crippen molar-refractivity contribution in [2.24, 2.45) is 34.5 Å². The van der Waals surface area contributed by atoms with Gasteiger partial charge >= 0.3 is 0 Å². The molecule has 7 bridgehead atoms. The lowest BCUT2D eigenvalue weighted by Gasteiger charge is -2.69. The second kappa shape index (κ2) is 6.71. The molecular formula is C25H39NO7. The molecule has 2 aliphatic heterocycles. The molecule has 7 rings (SSSR count). The Morgan fingerprint density at radius 1 is 1.12 bits per heavy atom. The van der Waals surface area contributed by atoms with Crippen LogP contribution in [0.2, 0.25) is 0 Å². The van der Waals surface area contributed by atoms with E-state index in [0.29, 0.717) is 13.0 Å². The Kier molecular flexibility index (Phi) is 4.46. The van der Waals surface area contributed by atoms with Gasteiger partial charge in [-0.15, -0.1) is 0 Å². The minimum absolute atomic E-state index is 0.0180. The zero-order valence-electron chi connectivity index (χ0n) is 20.2. The lowest BCUT2D eigenvalue weighted by Crippen LogP contribution is -2.81. The number of methoxy groups -OCH3 is 3. The average Bonchev–Trinajstić information content (AvgIpc) is 3.36. The van der Waals surface area contributed by atoms with Gasteiger partial charge in [0.25, 0.3) is 0 Å². The van der Waals surface area contributed by atoms with Gasteiger partial charge in [0.1, 0.15) is 18.0 Å². The van der Waals surface area contributed by atoms with Crippen molar-refractivity contribution in [1.29, 1.82) is 0 Å². The number of hydrogen-bond donors (Lipinski definition) is 2. The van der Waals surface area contributed by atoms with Crippen molar-refractivity contribution in [2.75, 3.05) is 47.8 Å². The van der Waals surface area contributed by atoms with E-state index in [1.165, 1.54) is 0 Å². The molecule has 33 heavy (non-hydrogen) atoms. The maximum absolute atomic E-state index is 12.0. The van der Waals surface area contributed by atoms with Crippen molar-refractivity contribution in [1.82, 2.24) is 4.90 Å². The van der Waals surface area contributed by atoms with Gasteiger partial charge in [0.05, 0.1) is 37.1 Å². The number of fused-ring (bicyclic) bond motifs is 1. The highest BCUT2D eigenvalue weighted by Gasteiger charge is 2.93. The van der Waals surface area contributed by atoms with E-state index in [4.69, 9.17) is 23.7 Å². The van der Waals surface area contributed by atoms with Crippen LogP contribution in [-0.4, -0.2) is 105 Å². The SMILES string of the molecule is CCN1C[C@]2(COC)CC[C@H](O)[C@@]34[C@@H]5C[C@H]6[C@H](O)[C@@H]5[C@@]5(C[C@@H]6OC)OCO[C@@]5([C@@H](OC)[C@H]23)[C@@H]14. The lowest BCUT2D eigenvalue weighted by molar-refractivity contribution is -0.282. The molecule has 0 aromatic carbocycles. The normalized spacial score (nSPS) is 62.5. The summed E-state index contributed by atoms with van der Waals surface area (Å²) in [6.07, 6.45) is 1.90. The molecule has 3 spiro atoms. The maximum atomic E-state index is 12.0. The number of piperidine rings is 1. The van der Waals surface area contributed by atoms with Gasteiger partial charge in [0.15, 0.2) is 0 Å². The summed E-state index contributed by atoms with van der Waals surface area (Å²) in [7, 11) is 5.34. The van der Waals surface area contributed by atoms with Crippen LogP contribution in [0.3, 0.4) is 0 Å². The van der Waals surface area contributed by atoms with Crippen molar-refractivity contribution in [3.8, 4) is 0 Å². The van der Waals surface area contributed by atoms with Crippen LogP contribution in [0, 0.1) is 34.5 Å². The van der Waals surface area contributed by atoms with E-state index < -0.39 is 28.8 Å². The minimum Gasteiger partial charge on any atom is -0.392 e. The number of nitrogens with zero attached hydrogens (tertiary/aromatic N) is 1. The number of likely N-dealkylation sites (N-methyl/N-ethyl adjacent to an activating group) is 1. The van der Waals surface area contributed by atoms with Crippen LogP contribution in [0.5, 0.6) is 0 Å². The molecule has 13 atom stereocenters. The molecule has 8 nitrogen and oxygen atoms in total. The molecule has 0 radical (unpaired) electrons. The molecule has 0 amide bonds. The van der Waals surface area contributed by atoms with E-state index in [1.54, 1.807) is 21.3 Å². The molecule has 7 aliphatic rings. The zero-order chi connectivity index (χ0) is 23.0. The summed E-state index contributed by atoms with van der Waals surface area (Å²) in [4.78, 5) is 2.56. The summed E-state index contributed by atoms with van der Waals surface area (Å²) < 4.78 is 31.9. The quantitative estimate of drug-likeness (QED) is 0.612. The molecular weight excluding hydrogens is 426 g/mol. The van der Waals surface area contributed by atoms with Crippen LogP contribution in [-0.2, 0) is 23.7 Å². The topological polar surface area (TPSA) is 89.9 Å². The van der Waals surface area contributed by atoms with Crippen molar-refractivity contribution < 1.29 is 33.9 Å². The fourth-order valence-corrected chi connectivity index (χ4v) is 11.4. The van der Waals surface area contributed by atoms with Gasteiger partial charge < -0.3 is 33.9 Å². The number of aliphatic hydroxyl groups is 2. The van der Waals surface area contributed by atoms with Crippen molar-refractivity contribution in [3.05, 3.63) is 0 Å². The van der Waals surface area contributed by atoms with Crippen molar-refractivity contribution in [3.63, 3.8) is 0 Å². The standard InChI is InChI=1S/C25H39NO7/c1-5-26-10-22(11-29-2)7-6-16(27)24-14-8-13-15(30-3)9-23(17(14)18(13)28)25(21(24)26,33-12-32-23)20(31-4)19(22)24/h13-21,27-28H,5-12H2,1-4H3/t13-,14-,15+,16+,17-,18+,19-,20+,21+,22+,23-,24+,25+/m1/s1. The Labute approximate surface area is 195 Å². The van der Waals surface area contributed by atoms with Crippen LogP contribution in [0.1, 0.15) is 32.6 Å².